The highest BCUT2D eigenvalue weighted by molar-refractivity contribution is 7.89. The maximum atomic E-state index is 13.7. The maximum Gasteiger partial charge on any atom is 0.244 e. The number of rotatable bonds is 12. The SMILES string of the molecule is CN1CCN(S(=O)(=O)c2cncc(-c3ccc(C[C@H](CC(=O)C4CCC(CN)CC4)C(=O)Nc4ccc(-c5nn[nH]n5)cc4)cc3)c2)CC1. The van der Waals surface area contributed by atoms with Crippen LogP contribution in [-0.2, 0) is 26.0 Å². The summed E-state index contributed by atoms with van der Waals surface area (Å²) in [6, 6.07) is 16.5. The molecule has 258 valence electrons. The van der Waals surface area contributed by atoms with Crippen molar-refractivity contribution >= 4 is 27.4 Å². The van der Waals surface area contributed by atoms with Crippen LogP contribution in [0.4, 0.5) is 5.69 Å². The third-order valence-corrected chi connectivity index (χ3v) is 11.7. The Bertz CT molecular complexity index is 1820. The summed E-state index contributed by atoms with van der Waals surface area (Å²) in [6.07, 6.45) is 7.03. The van der Waals surface area contributed by atoms with Crippen molar-refractivity contribution < 1.29 is 18.0 Å². The summed E-state index contributed by atoms with van der Waals surface area (Å²) in [5, 5.41) is 17.0. The number of tetrazole rings is 1. The molecule has 3 heterocycles. The maximum absolute atomic E-state index is 13.7. The zero-order valence-electron chi connectivity index (χ0n) is 27.7. The molecule has 2 aromatic carbocycles. The van der Waals surface area contributed by atoms with Crippen molar-refractivity contribution in [1.82, 2.24) is 34.8 Å². The van der Waals surface area contributed by atoms with E-state index in [0.717, 1.165) is 42.4 Å². The number of carbonyl (C=O) groups excluding carboxylic acids is 2. The van der Waals surface area contributed by atoms with Crippen molar-refractivity contribution in [2.75, 3.05) is 45.1 Å². The van der Waals surface area contributed by atoms with Crippen molar-refractivity contribution in [2.24, 2.45) is 23.5 Å². The number of anilines is 1. The van der Waals surface area contributed by atoms with E-state index in [1.807, 2.05) is 31.3 Å². The zero-order valence-corrected chi connectivity index (χ0v) is 28.5. The number of benzene rings is 2. The van der Waals surface area contributed by atoms with E-state index in [1.165, 1.54) is 10.5 Å². The second-order valence-corrected chi connectivity index (χ2v) is 15.1. The first-order chi connectivity index (χ1) is 23.7. The van der Waals surface area contributed by atoms with Gasteiger partial charge in [0, 0.05) is 73.6 Å². The number of hydrogen-bond acceptors (Lipinski definition) is 10. The van der Waals surface area contributed by atoms with Gasteiger partial charge in [0.1, 0.15) is 10.7 Å². The number of piperazine rings is 1. The molecule has 0 bridgehead atoms. The first-order valence-electron chi connectivity index (χ1n) is 16.8. The summed E-state index contributed by atoms with van der Waals surface area (Å²) in [6.45, 7) is 2.88. The molecule has 4 N–H and O–H groups in total. The van der Waals surface area contributed by atoms with Crippen molar-refractivity contribution in [3.63, 3.8) is 0 Å². The van der Waals surface area contributed by atoms with Crippen LogP contribution in [0.2, 0.25) is 0 Å². The van der Waals surface area contributed by atoms with E-state index in [-0.39, 0.29) is 28.9 Å². The van der Waals surface area contributed by atoms with Crippen molar-refractivity contribution in [2.45, 2.75) is 43.4 Å². The lowest BCUT2D eigenvalue weighted by Crippen LogP contribution is -2.47. The van der Waals surface area contributed by atoms with Gasteiger partial charge in [-0.2, -0.15) is 9.52 Å². The van der Waals surface area contributed by atoms with Gasteiger partial charge in [-0.3, -0.25) is 14.6 Å². The Kier molecular flexibility index (Phi) is 10.9. The molecule has 2 aromatic heterocycles. The molecule has 1 amide bonds. The lowest BCUT2D eigenvalue weighted by molar-refractivity contribution is -0.129. The number of pyridine rings is 1. The molecule has 6 rings (SSSR count). The van der Waals surface area contributed by atoms with Crippen molar-refractivity contribution in [3.05, 3.63) is 72.6 Å². The number of H-pyrrole nitrogens is 1. The fraction of sp³-hybridized carbons (Fsp3) is 0.429. The van der Waals surface area contributed by atoms with Crippen molar-refractivity contribution in [3.8, 4) is 22.5 Å². The molecular weight excluding hydrogens is 643 g/mol. The molecule has 0 unspecified atom stereocenters. The topological polar surface area (TPSA) is 180 Å². The Morgan fingerprint density at radius 2 is 1.63 bits per heavy atom. The second kappa shape index (κ2) is 15.5. The number of likely N-dealkylation sites (N-methyl/N-ethyl adjacent to an activating group) is 1. The normalized spacial score (nSPS) is 19.7. The monoisotopic (exact) mass is 685 g/mol. The Hall–Kier alpha value is -4.37. The highest BCUT2D eigenvalue weighted by atomic mass is 32.2. The second-order valence-electron chi connectivity index (χ2n) is 13.1. The number of nitrogens with one attached hydrogen (secondary N) is 2. The van der Waals surface area contributed by atoms with Crippen LogP contribution in [0.3, 0.4) is 0 Å². The molecule has 4 aromatic rings. The summed E-state index contributed by atoms with van der Waals surface area (Å²) in [4.78, 5) is 33.8. The molecule has 49 heavy (non-hydrogen) atoms. The predicted octanol–water partition coefficient (Wildman–Crippen LogP) is 3.39. The van der Waals surface area contributed by atoms with Crippen LogP contribution in [0.5, 0.6) is 0 Å². The lowest BCUT2D eigenvalue weighted by atomic mass is 9.77. The summed E-state index contributed by atoms with van der Waals surface area (Å²) in [5.74, 6) is 0.154. The summed E-state index contributed by atoms with van der Waals surface area (Å²) in [5.41, 5.74) is 9.61. The minimum atomic E-state index is -3.66. The average Bonchev–Trinajstić information content (AvgIpc) is 3.68. The first kappa shape index (κ1) is 34.5. The molecule has 0 spiro atoms. The number of ketones is 1. The van der Waals surface area contributed by atoms with Crippen LogP contribution in [-0.4, -0.2) is 94.7 Å². The van der Waals surface area contributed by atoms with Gasteiger partial charge < -0.3 is 16.0 Å². The number of nitrogens with two attached hydrogens (primary N) is 1. The number of nitrogens with zero attached hydrogens (tertiary/aromatic N) is 6. The van der Waals surface area contributed by atoms with Gasteiger partial charge >= 0.3 is 0 Å². The fourth-order valence-corrected chi connectivity index (χ4v) is 8.04. The van der Waals surface area contributed by atoms with Gasteiger partial charge in [0.05, 0.1) is 0 Å². The van der Waals surface area contributed by atoms with Gasteiger partial charge in [0.25, 0.3) is 0 Å². The fourth-order valence-electron chi connectivity index (χ4n) is 6.63. The van der Waals surface area contributed by atoms with E-state index in [9.17, 15) is 18.0 Å². The molecule has 1 aliphatic carbocycles. The number of aromatic nitrogens is 5. The van der Waals surface area contributed by atoms with Crippen LogP contribution >= 0.6 is 0 Å². The molecule has 1 saturated carbocycles. The van der Waals surface area contributed by atoms with Crippen molar-refractivity contribution in [1.29, 1.82) is 0 Å². The van der Waals surface area contributed by atoms with Gasteiger partial charge in [-0.15, -0.1) is 10.2 Å². The number of Topliss-reactive ketones (excluding diaryl/α,β-unsaturated/α-hetero) is 1. The smallest absolute Gasteiger partial charge is 0.244 e. The van der Waals surface area contributed by atoms with E-state index < -0.39 is 15.9 Å². The van der Waals surface area contributed by atoms with Crippen LogP contribution in [0, 0.1) is 17.8 Å². The molecule has 13 nitrogen and oxygen atoms in total. The third-order valence-electron chi connectivity index (χ3n) is 9.79. The van der Waals surface area contributed by atoms with Gasteiger partial charge in [0.15, 0.2) is 0 Å². The van der Waals surface area contributed by atoms with E-state index in [2.05, 4.69) is 35.8 Å². The highest BCUT2D eigenvalue weighted by Crippen LogP contribution is 2.31. The summed E-state index contributed by atoms with van der Waals surface area (Å²) in [7, 11) is -1.68. The highest BCUT2D eigenvalue weighted by Gasteiger charge is 2.31. The third kappa shape index (κ3) is 8.44. The molecule has 2 fully saturated rings. The molecule has 1 saturated heterocycles. The van der Waals surface area contributed by atoms with Crippen LogP contribution in [0.15, 0.2) is 71.9 Å². The molecule has 2 aliphatic rings. The van der Waals surface area contributed by atoms with Crippen LogP contribution in [0.25, 0.3) is 22.5 Å². The van der Waals surface area contributed by atoms with E-state index >= 15 is 0 Å². The number of sulfonamides is 1. The summed E-state index contributed by atoms with van der Waals surface area (Å²) < 4.78 is 28.2. The molecule has 14 heteroatoms. The Morgan fingerprint density at radius 1 is 0.939 bits per heavy atom. The number of hydrogen-bond donors (Lipinski definition) is 3. The molecule has 1 aliphatic heterocycles. The standard InChI is InChI=1S/C35H43N9O4S/c1-43-14-16-44(17-15-43)49(47,48)32-19-30(22-37-23-32)26-6-2-24(3-7-26)18-29(20-33(45)27-8-4-25(21-36)5-9-27)35(46)38-31-12-10-28(11-13-31)34-39-41-42-40-34/h2-3,6-7,10-13,19,22-23,25,27,29H,4-5,8-9,14-18,20-21,36H2,1H3,(H,38,46)(H,39,40,41,42)/t25?,27?,29-/m1/s1. The minimum Gasteiger partial charge on any atom is -0.330 e. The predicted molar refractivity (Wildman–Crippen MR) is 185 cm³/mol. The minimum absolute atomic E-state index is 0.0587. The van der Waals surface area contributed by atoms with E-state index in [1.54, 1.807) is 36.5 Å². The lowest BCUT2D eigenvalue weighted by Gasteiger charge is -2.31. The molecular formula is C35H43N9O4S. The van der Waals surface area contributed by atoms with E-state index in [4.69, 9.17) is 5.73 Å². The quantitative estimate of drug-likeness (QED) is 0.200. The number of aromatic amines is 1. The van der Waals surface area contributed by atoms with E-state index in [0.29, 0.717) is 62.1 Å². The Morgan fingerprint density at radius 3 is 2.29 bits per heavy atom. The van der Waals surface area contributed by atoms with Gasteiger partial charge in [-0.25, -0.2) is 8.42 Å². The molecule has 0 radical (unpaired) electrons. The van der Waals surface area contributed by atoms with Crippen LogP contribution < -0.4 is 11.1 Å². The Labute approximate surface area is 286 Å². The van der Waals surface area contributed by atoms with Gasteiger partial charge in [-0.05, 0) is 98.3 Å². The van der Waals surface area contributed by atoms with Gasteiger partial charge in [0.2, 0.25) is 21.8 Å². The first-order valence-corrected chi connectivity index (χ1v) is 18.2. The largest absolute Gasteiger partial charge is 0.330 e. The van der Waals surface area contributed by atoms with Crippen LogP contribution in [0.1, 0.15) is 37.7 Å². The molecule has 1 atom stereocenters. The average molecular weight is 686 g/mol. The summed E-state index contributed by atoms with van der Waals surface area (Å²) >= 11 is 0. The number of amides is 1. The number of carbonyl (C=O) groups is 2. The zero-order chi connectivity index (χ0) is 34.4. The van der Waals surface area contributed by atoms with Gasteiger partial charge in [-0.1, -0.05) is 24.3 Å². The Balaban J connectivity index is 1.17.